The molecule has 10 nitrogen and oxygen atoms in total. The summed E-state index contributed by atoms with van der Waals surface area (Å²) in [5, 5.41) is 19.6. The number of imidazole rings is 1. The van der Waals surface area contributed by atoms with E-state index in [1.54, 1.807) is 18.1 Å². The van der Waals surface area contributed by atoms with Gasteiger partial charge >= 0.3 is 12.1 Å². The Kier molecular flexibility index (Phi) is 8.96. The molecule has 35 heavy (non-hydrogen) atoms. The number of unbranched alkanes of at least 4 members (excludes halogenated alkanes) is 1. The molecule has 0 radical (unpaired) electrons. The van der Waals surface area contributed by atoms with Crippen LogP contribution < -0.4 is 0 Å². The third kappa shape index (κ3) is 6.24. The lowest BCUT2D eigenvalue weighted by molar-refractivity contribution is -0.144. The summed E-state index contributed by atoms with van der Waals surface area (Å²) in [5.41, 5.74) is 1.26. The first-order valence-corrected chi connectivity index (χ1v) is 12.2. The van der Waals surface area contributed by atoms with E-state index in [0.717, 1.165) is 23.3 Å². The molecule has 2 amide bonds. The molecule has 2 N–H and O–H groups in total. The largest absolute Gasteiger partial charge is 0.481 e. The van der Waals surface area contributed by atoms with Crippen LogP contribution in [0.3, 0.4) is 0 Å². The molecule has 1 aromatic heterocycles. The molecule has 2 heterocycles. The number of piperidine rings is 1. The standard InChI is InChI=1S/C24H33ClN4O6/c1-15(2)12-29(17-11-16(23(31)32)13-27(14-17)24(33)34)22(30)21-26-20-18(25)7-6-8-19(20)28(21)9-4-5-10-35-3/h6-8,15-17H,4-5,9-14H2,1-3H3,(H,31,32)(H,33,34)/t16-,17+/m1/s1. The summed E-state index contributed by atoms with van der Waals surface area (Å²) < 4.78 is 6.99. The number of likely N-dealkylation sites (tertiary alicyclic amines) is 1. The molecule has 1 saturated heterocycles. The number of aryl methyl sites for hydroxylation is 1. The number of nitrogens with zero attached hydrogens (tertiary/aromatic N) is 4. The number of rotatable bonds is 10. The van der Waals surface area contributed by atoms with Gasteiger partial charge in [-0.25, -0.2) is 9.78 Å². The van der Waals surface area contributed by atoms with Crippen LogP contribution in [0.15, 0.2) is 18.2 Å². The Bertz CT molecular complexity index is 1050. The minimum Gasteiger partial charge on any atom is -0.481 e. The molecule has 0 bridgehead atoms. The van der Waals surface area contributed by atoms with E-state index < -0.39 is 24.0 Å². The van der Waals surface area contributed by atoms with Crippen LogP contribution in [0.2, 0.25) is 5.02 Å². The van der Waals surface area contributed by atoms with Crippen molar-refractivity contribution in [1.29, 1.82) is 0 Å². The summed E-state index contributed by atoms with van der Waals surface area (Å²) >= 11 is 6.39. The molecule has 11 heteroatoms. The van der Waals surface area contributed by atoms with E-state index in [4.69, 9.17) is 16.3 Å². The third-order valence-electron chi connectivity index (χ3n) is 6.21. The fourth-order valence-electron chi connectivity index (χ4n) is 4.57. The Morgan fingerprint density at radius 1 is 1.23 bits per heavy atom. The van der Waals surface area contributed by atoms with Crippen LogP contribution in [0.1, 0.15) is 43.7 Å². The zero-order valence-electron chi connectivity index (χ0n) is 20.3. The molecule has 2 atom stereocenters. The number of carbonyl (C=O) groups excluding carboxylic acids is 1. The maximum Gasteiger partial charge on any atom is 0.407 e. The van der Waals surface area contributed by atoms with Crippen LogP contribution >= 0.6 is 11.6 Å². The van der Waals surface area contributed by atoms with E-state index in [-0.39, 0.29) is 37.2 Å². The highest BCUT2D eigenvalue weighted by atomic mass is 35.5. The van der Waals surface area contributed by atoms with Gasteiger partial charge in [0.15, 0.2) is 5.82 Å². The third-order valence-corrected chi connectivity index (χ3v) is 6.52. The van der Waals surface area contributed by atoms with E-state index in [1.807, 2.05) is 30.5 Å². The molecule has 1 fully saturated rings. The Hall–Kier alpha value is -2.85. The zero-order valence-corrected chi connectivity index (χ0v) is 21.1. The quantitative estimate of drug-likeness (QED) is 0.469. The number of ether oxygens (including phenoxy) is 1. The second-order valence-electron chi connectivity index (χ2n) is 9.36. The molecule has 3 rings (SSSR count). The van der Waals surface area contributed by atoms with Gasteiger partial charge in [0.1, 0.15) is 5.52 Å². The highest BCUT2D eigenvalue weighted by Gasteiger charge is 2.39. The molecule has 0 saturated carbocycles. The number of aromatic nitrogens is 2. The Balaban J connectivity index is 2.01. The maximum absolute atomic E-state index is 14.0. The summed E-state index contributed by atoms with van der Waals surface area (Å²) in [5.74, 6) is -2.04. The second kappa shape index (κ2) is 11.7. The van der Waals surface area contributed by atoms with Crippen molar-refractivity contribution in [3.8, 4) is 0 Å². The highest BCUT2D eigenvalue weighted by Crippen LogP contribution is 2.28. The van der Waals surface area contributed by atoms with Crippen molar-refractivity contribution in [2.24, 2.45) is 11.8 Å². The SMILES string of the molecule is COCCCCn1c(C(=O)N(CC(C)C)[C@H]2C[C@@H](C(=O)O)CN(C(=O)O)C2)nc2c(Cl)cccc21. The minimum absolute atomic E-state index is 0.0480. The second-order valence-corrected chi connectivity index (χ2v) is 9.77. The number of carboxylic acids is 1. The van der Waals surface area contributed by atoms with Crippen LogP contribution in [-0.4, -0.2) is 86.9 Å². The molecule has 2 aromatic rings. The molecular weight excluding hydrogens is 476 g/mol. The van der Waals surface area contributed by atoms with Crippen molar-refractivity contribution in [3.05, 3.63) is 29.0 Å². The Morgan fingerprint density at radius 2 is 1.97 bits per heavy atom. The smallest absolute Gasteiger partial charge is 0.407 e. The number of hydrogen-bond acceptors (Lipinski definition) is 5. The summed E-state index contributed by atoms with van der Waals surface area (Å²) in [7, 11) is 1.64. The van der Waals surface area contributed by atoms with Crippen molar-refractivity contribution in [1.82, 2.24) is 19.4 Å². The van der Waals surface area contributed by atoms with E-state index in [1.165, 1.54) is 0 Å². The molecule has 0 spiro atoms. The average Bonchev–Trinajstić information content (AvgIpc) is 3.19. The summed E-state index contributed by atoms with van der Waals surface area (Å²) in [6, 6.07) is 4.80. The first-order valence-electron chi connectivity index (χ1n) is 11.8. The summed E-state index contributed by atoms with van der Waals surface area (Å²) in [4.78, 5) is 44.8. The Labute approximate surface area is 209 Å². The summed E-state index contributed by atoms with van der Waals surface area (Å²) in [6.07, 6.45) is 0.534. The number of amides is 2. The number of para-hydroxylation sites is 1. The number of carboxylic acid groups (broad SMARTS) is 2. The van der Waals surface area contributed by atoms with Gasteiger partial charge in [0.05, 0.1) is 22.5 Å². The Morgan fingerprint density at radius 3 is 2.60 bits per heavy atom. The van der Waals surface area contributed by atoms with Crippen LogP contribution in [0.4, 0.5) is 4.79 Å². The van der Waals surface area contributed by atoms with Crippen LogP contribution in [-0.2, 0) is 16.1 Å². The van der Waals surface area contributed by atoms with Crippen molar-refractivity contribution in [3.63, 3.8) is 0 Å². The number of benzene rings is 1. The molecule has 0 unspecified atom stereocenters. The van der Waals surface area contributed by atoms with Crippen molar-refractivity contribution in [2.75, 3.05) is 33.4 Å². The van der Waals surface area contributed by atoms with Gasteiger partial charge < -0.3 is 29.3 Å². The number of halogens is 1. The lowest BCUT2D eigenvalue weighted by atomic mass is 9.92. The van der Waals surface area contributed by atoms with E-state index >= 15 is 0 Å². The fraction of sp³-hybridized carbons (Fsp3) is 0.583. The number of carbonyl (C=O) groups is 3. The van der Waals surface area contributed by atoms with Crippen molar-refractivity contribution < 1.29 is 29.3 Å². The summed E-state index contributed by atoms with van der Waals surface area (Å²) in [6.45, 7) is 5.32. The number of methoxy groups -OCH3 is 1. The number of fused-ring (bicyclic) bond motifs is 1. The molecule has 0 aliphatic carbocycles. The first kappa shape index (κ1) is 26.7. The maximum atomic E-state index is 14.0. The predicted molar refractivity (Wildman–Crippen MR) is 131 cm³/mol. The molecular formula is C24H33ClN4O6. The fourth-order valence-corrected chi connectivity index (χ4v) is 4.78. The van der Waals surface area contributed by atoms with Crippen LogP contribution in [0.5, 0.6) is 0 Å². The van der Waals surface area contributed by atoms with E-state index in [9.17, 15) is 24.6 Å². The highest BCUT2D eigenvalue weighted by molar-refractivity contribution is 6.35. The van der Waals surface area contributed by atoms with Gasteiger partial charge in [0, 0.05) is 39.9 Å². The number of aliphatic carboxylic acids is 1. The molecule has 1 aliphatic rings. The van der Waals surface area contributed by atoms with E-state index in [0.29, 0.717) is 30.2 Å². The monoisotopic (exact) mass is 508 g/mol. The molecule has 1 aliphatic heterocycles. The lowest BCUT2D eigenvalue weighted by Gasteiger charge is -2.41. The average molecular weight is 509 g/mol. The molecule has 192 valence electrons. The minimum atomic E-state index is -1.20. The van der Waals surface area contributed by atoms with Crippen molar-refractivity contribution >= 4 is 40.6 Å². The van der Waals surface area contributed by atoms with Gasteiger partial charge in [-0.15, -0.1) is 0 Å². The topological polar surface area (TPSA) is 125 Å². The zero-order chi connectivity index (χ0) is 25.7. The van der Waals surface area contributed by atoms with Gasteiger partial charge in [-0.1, -0.05) is 31.5 Å². The van der Waals surface area contributed by atoms with Crippen LogP contribution in [0.25, 0.3) is 11.0 Å². The molecule has 1 aromatic carbocycles. The van der Waals surface area contributed by atoms with Crippen molar-refractivity contribution in [2.45, 2.75) is 45.7 Å². The number of hydrogen-bond donors (Lipinski definition) is 2. The lowest BCUT2D eigenvalue weighted by Crippen LogP contribution is -2.56. The van der Waals surface area contributed by atoms with Crippen LogP contribution in [0, 0.1) is 11.8 Å². The first-order chi connectivity index (χ1) is 16.6. The van der Waals surface area contributed by atoms with E-state index in [2.05, 4.69) is 4.98 Å². The van der Waals surface area contributed by atoms with Gasteiger partial charge in [-0.2, -0.15) is 0 Å². The van der Waals surface area contributed by atoms with Gasteiger partial charge in [-0.05, 0) is 37.3 Å². The van der Waals surface area contributed by atoms with Gasteiger partial charge in [-0.3, -0.25) is 9.59 Å². The van der Waals surface area contributed by atoms with Gasteiger partial charge in [0.2, 0.25) is 0 Å². The van der Waals surface area contributed by atoms with Gasteiger partial charge in [0.25, 0.3) is 5.91 Å². The normalized spacial score (nSPS) is 18.3. The predicted octanol–water partition coefficient (Wildman–Crippen LogP) is 3.67.